The smallest absolute Gasteiger partial charge is 0.220 e. The number of aromatic nitrogens is 1. The summed E-state index contributed by atoms with van der Waals surface area (Å²) in [5.74, 6) is 0.399. The normalized spacial score (nSPS) is 24.5. The van der Waals surface area contributed by atoms with Crippen LogP contribution in [0.5, 0.6) is 0 Å². The van der Waals surface area contributed by atoms with Crippen LogP contribution in [0.3, 0.4) is 0 Å². The second-order valence-electron chi connectivity index (χ2n) is 5.97. The SMILES string of the molecule is O=C1C[C@H]2CN(Cc3nc(-c4ccc(F)cc4)cs3)C[C@H]2N1. The van der Waals surface area contributed by atoms with Gasteiger partial charge in [-0.3, -0.25) is 9.69 Å². The van der Waals surface area contributed by atoms with Crippen molar-refractivity contribution in [1.82, 2.24) is 15.2 Å². The number of hydrogen-bond acceptors (Lipinski definition) is 4. The molecule has 0 saturated carbocycles. The van der Waals surface area contributed by atoms with Gasteiger partial charge in [-0.25, -0.2) is 9.37 Å². The van der Waals surface area contributed by atoms with Gasteiger partial charge in [0.1, 0.15) is 10.8 Å². The summed E-state index contributed by atoms with van der Waals surface area (Å²) in [5.41, 5.74) is 1.84. The number of carbonyl (C=O) groups excluding carboxylic acids is 1. The molecular formula is C16H16FN3OS. The minimum Gasteiger partial charge on any atom is -0.352 e. The maximum atomic E-state index is 13.0. The third-order valence-electron chi connectivity index (χ3n) is 4.36. The zero-order chi connectivity index (χ0) is 15.1. The first kappa shape index (κ1) is 13.8. The van der Waals surface area contributed by atoms with Crippen LogP contribution in [0.2, 0.25) is 0 Å². The van der Waals surface area contributed by atoms with Gasteiger partial charge in [0.25, 0.3) is 0 Å². The van der Waals surface area contributed by atoms with E-state index in [0.29, 0.717) is 18.4 Å². The summed E-state index contributed by atoms with van der Waals surface area (Å²) in [5, 5.41) is 6.11. The fourth-order valence-corrected chi connectivity index (χ4v) is 4.14. The Morgan fingerprint density at radius 2 is 2.14 bits per heavy atom. The molecule has 3 heterocycles. The van der Waals surface area contributed by atoms with Gasteiger partial charge in [-0.2, -0.15) is 0 Å². The van der Waals surface area contributed by atoms with Crippen molar-refractivity contribution in [3.05, 3.63) is 40.5 Å². The summed E-state index contributed by atoms with van der Waals surface area (Å²) >= 11 is 1.63. The Bertz CT molecular complexity index is 684. The van der Waals surface area contributed by atoms with E-state index < -0.39 is 0 Å². The molecule has 2 aliphatic heterocycles. The predicted molar refractivity (Wildman–Crippen MR) is 82.8 cm³/mol. The number of rotatable bonds is 3. The van der Waals surface area contributed by atoms with E-state index in [2.05, 4.69) is 15.2 Å². The van der Waals surface area contributed by atoms with Gasteiger partial charge in [-0.05, 0) is 24.3 Å². The van der Waals surface area contributed by atoms with E-state index in [1.165, 1.54) is 12.1 Å². The standard InChI is InChI=1S/C16H16FN3OS/c17-12-3-1-10(2-4-12)14-9-22-16(19-14)8-20-6-11-5-15(21)18-13(11)7-20/h1-4,9,11,13H,5-8H2,(H,18,21)/t11-,13+/m0/s1. The Kier molecular flexibility index (Phi) is 3.43. The number of benzene rings is 1. The topological polar surface area (TPSA) is 45.2 Å². The van der Waals surface area contributed by atoms with Crippen LogP contribution >= 0.6 is 11.3 Å². The molecule has 4 rings (SSSR count). The second kappa shape index (κ2) is 5.44. The maximum absolute atomic E-state index is 13.0. The van der Waals surface area contributed by atoms with Gasteiger partial charge in [0.15, 0.2) is 0 Å². The molecule has 0 unspecified atom stereocenters. The Labute approximate surface area is 132 Å². The van der Waals surface area contributed by atoms with Gasteiger partial charge < -0.3 is 5.32 Å². The second-order valence-corrected chi connectivity index (χ2v) is 6.91. The van der Waals surface area contributed by atoms with Crippen molar-refractivity contribution in [2.75, 3.05) is 13.1 Å². The molecule has 1 aromatic carbocycles. The average molecular weight is 317 g/mol. The third-order valence-corrected chi connectivity index (χ3v) is 5.19. The van der Waals surface area contributed by atoms with E-state index in [0.717, 1.165) is 35.9 Å². The molecule has 2 aliphatic rings. The lowest BCUT2D eigenvalue weighted by atomic mass is 10.1. The fourth-order valence-electron chi connectivity index (χ4n) is 3.29. The molecule has 1 N–H and O–H groups in total. The van der Waals surface area contributed by atoms with Crippen LogP contribution < -0.4 is 5.32 Å². The van der Waals surface area contributed by atoms with Crippen LogP contribution in [0.4, 0.5) is 4.39 Å². The van der Waals surface area contributed by atoms with Gasteiger partial charge in [-0.1, -0.05) is 0 Å². The summed E-state index contributed by atoms with van der Waals surface area (Å²) in [6, 6.07) is 6.73. The van der Waals surface area contributed by atoms with E-state index in [9.17, 15) is 9.18 Å². The molecule has 6 heteroatoms. The molecule has 2 saturated heterocycles. The zero-order valence-electron chi connectivity index (χ0n) is 12.0. The molecule has 0 aliphatic carbocycles. The van der Waals surface area contributed by atoms with E-state index in [1.54, 1.807) is 23.5 Å². The highest BCUT2D eigenvalue weighted by Crippen LogP contribution is 2.28. The number of hydrogen-bond donors (Lipinski definition) is 1. The van der Waals surface area contributed by atoms with Crippen molar-refractivity contribution < 1.29 is 9.18 Å². The number of thiazole rings is 1. The first-order valence-electron chi connectivity index (χ1n) is 7.39. The van der Waals surface area contributed by atoms with Gasteiger partial charge >= 0.3 is 0 Å². The average Bonchev–Trinajstić information content (AvgIpc) is 3.15. The number of nitrogens with one attached hydrogen (secondary N) is 1. The van der Waals surface area contributed by atoms with Gasteiger partial charge in [-0.15, -0.1) is 11.3 Å². The largest absolute Gasteiger partial charge is 0.352 e. The van der Waals surface area contributed by atoms with Gasteiger partial charge in [0.05, 0.1) is 12.2 Å². The van der Waals surface area contributed by atoms with Crippen LogP contribution in [-0.2, 0) is 11.3 Å². The molecule has 0 spiro atoms. The van der Waals surface area contributed by atoms with Crippen molar-refractivity contribution in [3.8, 4) is 11.3 Å². The van der Waals surface area contributed by atoms with Crippen LogP contribution in [0.1, 0.15) is 11.4 Å². The van der Waals surface area contributed by atoms with Crippen LogP contribution in [0, 0.1) is 11.7 Å². The molecule has 0 bridgehead atoms. The molecule has 1 aromatic heterocycles. The minimum absolute atomic E-state index is 0.183. The summed E-state index contributed by atoms with van der Waals surface area (Å²) in [7, 11) is 0. The summed E-state index contributed by atoms with van der Waals surface area (Å²) in [6.45, 7) is 2.67. The molecule has 0 radical (unpaired) electrons. The molecule has 4 nitrogen and oxygen atoms in total. The third kappa shape index (κ3) is 2.64. The zero-order valence-corrected chi connectivity index (χ0v) is 12.8. The van der Waals surface area contributed by atoms with Crippen molar-refractivity contribution in [3.63, 3.8) is 0 Å². The highest BCUT2D eigenvalue weighted by Gasteiger charge is 2.39. The van der Waals surface area contributed by atoms with E-state index in [1.807, 2.05) is 5.38 Å². The van der Waals surface area contributed by atoms with Crippen molar-refractivity contribution >= 4 is 17.2 Å². The fraction of sp³-hybridized carbons (Fsp3) is 0.375. The quantitative estimate of drug-likeness (QED) is 0.944. The van der Waals surface area contributed by atoms with Crippen molar-refractivity contribution in [2.24, 2.45) is 5.92 Å². The first-order valence-corrected chi connectivity index (χ1v) is 8.27. The molecule has 114 valence electrons. The van der Waals surface area contributed by atoms with E-state index in [4.69, 9.17) is 0 Å². The Hall–Kier alpha value is -1.79. The van der Waals surface area contributed by atoms with Gasteiger partial charge in [0.2, 0.25) is 5.91 Å². The maximum Gasteiger partial charge on any atom is 0.220 e. The summed E-state index contributed by atoms with van der Waals surface area (Å²) < 4.78 is 13.0. The Morgan fingerprint density at radius 3 is 2.91 bits per heavy atom. The monoisotopic (exact) mass is 317 g/mol. The van der Waals surface area contributed by atoms with E-state index in [-0.39, 0.29) is 11.7 Å². The molecule has 1 amide bonds. The summed E-state index contributed by atoms with van der Waals surface area (Å²) in [4.78, 5) is 18.3. The van der Waals surface area contributed by atoms with Crippen molar-refractivity contribution in [2.45, 2.75) is 19.0 Å². The highest BCUT2D eigenvalue weighted by atomic mass is 32.1. The minimum atomic E-state index is -0.232. The number of carbonyl (C=O) groups is 1. The van der Waals surface area contributed by atoms with Gasteiger partial charge in [0, 0.05) is 42.4 Å². The molecule has 2 fully saturated rings. The molecule has 22 heavy (non-hydrogen) atoms. The molecule has 2 aromatic rings. The molecular weight excluding hydrogens is 301 g/mol. The van der Waals surface area contributed by atoms with Crippen LogP contribution in [-0.4, -0.2) is 34.9 Å². The number of fused-ring (bicyclic) bond motifs is 1. The number of halogens is 1. The summed E-state index contributed by atoms with van der Waals surface area (Å²) in [6.07, 6.45) is 0.653. The predicted octanol–water partition coefficient (Wildman–Crippen LogP) is 2.27. The Morgan fingerprint density at radius 1 is 1.32 bits per heavy atom. The lowest BCUT2D eigenvalue weighted by Crippen LogP contribution is -2.32. The molecule has 2 atom stereocenters. The van der Waals surface area contributed by atoms with Crippen molar-refractivity contribution in [1.29, 1.82) is 0 Å². The Balaban J connectivity index is 1.42. The number of amides is 1. The lowest BCUT2D eigenvalue weighted by Gasteiger charge is -2.14. The lowest BCUT2D eigenvalue weighted by molar-refractivity contribution is -0.119. The first-order chi connectivity index (χ1) is 10.7. The van der Waals surface area contributed by atoms with Crippen LogP contribution in [0.25, 0.3) is 11.3 Å². The van der Waals surface area contributed by atoms with E-state index >= 15 is 0 Å². The van der Waals surface area contributed by atoms with Crippen LogP contribution in [0.15, 0.2) is 29.6 Å². The number of likely N-dealkylation sites (tertiary alicyclic amines) is 1. The number of nitrogens with zero attached hydrogens (tertiary/aromatic N) is 2. The highest BCUT2D eigenvalue weighted by molar-refractivity contribution is 7.09.